The minimum absolute atomic E-state index is 0.303. The minimum Gasteiger partial charge on any atom is -0.357 e. The van der Waals surface area contributed by atoms with Crippen LogP contribution in [0.25, 0.3) is 0 Å². The summed E-state index contributed by atoms with van der Waals surface area (Å²) in [6, 6.07) is 9.61. The molecule has 0 radical (unpaired) electrons. The highest BCUT2D eigenvalue weighted by Gasteiger charge is 2.34. The Morgan fingerprint density at radius 3 is 2.31 bits per heavy atom. The molecule has 0 bridgehead atoms. The summed E-state index contributed by atoms with van der Waals surface area (Å²) >= 11 is 0. The maximum absolute atomic E-state index is 13.2. The Hall–Kier alpha value is -3.46. The number of pyridine rings is 3. The fourth-order valence-electron chi connectivity index (χ4n) is 5.04. The first-order chi connectivity index (χ1) is 17.4. The predicted octanol–water partition coefficient (Wildman–Crippen LogP) is 4.50. The maximum Gasteiger partial charge on any atom is 0.417 e. The highest BCUT2D eigenvalue weighted by atomic mass is 19.4. The van der Waals surface area contributed by atoms with Gasteiger partial charge in [0.15, 0.2) is 0 Å². The summed E-state index contributed by atoms with van der Waals surface area (Å²) in [4.78, 5) is 19.4. The van der Waals surface area contributed by atoms with Crippen molar-refractivity contribution in [3.63, 3.8) is 0 Å². The number of alkyl halides is 3. The molecule has 1 saturated heterocycles. The van der Waals surface area contributed by atoms with Gasteiger partial charge in [-0.1, -0.05) is 18.7 Å². The second-order valence-corrected chi connectivity index (χ2v) is 9.43. The van der Waals surface area contributed by atoms with E-state index in [0.717, 1.165) is 61.4 Å². The number of hydrogen-bond acceptors (Lipinski definition) is 6. The number of hydrogen-bond donors (Lipinski definition) is 0. The molecule has 1 atom stereocenters. The lowest BCUT2D eigenvalue weighted by Crippen LogP contribution is -2.40. The zero-order chi connectivity index (χ0) is 25.1. The number of likely N-dealkylation sites (tertiary alicyclic amines) is 1. The Balaban J connectivity index is 1.27. The van der Waals surface area contributed by atoms with Crippen molar-refractivity contribution in [3.05, 3.63) is 102 Å². The first kappa shape index (κ1) is 24.2. The number of rotatable bonds is 7. The van der Waals surface area contributed by atoms with Crippen LogP contribution in [0.4, 0.5) is 13.2 Å². The van der Waals surface area contributed by atoms with Gasteiger partial charge in [0.25, 0.3) is 0 Å². The molecule has 0 aliphatic carbocycles. The quantitative estimate of drug-likeness (QED) is 0.482. The van der Waals surface area contributed by atoms with E-state index >= 15 is 0 Å². The Bertz CT molecular complexity index is 1140. The van der Waals surface area contributed by atoms with Crippen LogP contribution >= 0.6 is 0 Å². The lowest BCUT2D eigenvalue weighted by atomic mass is 10.0. The molecule has 1 unspecified atom stereocenters. The molecule has 6 nitrogen and oxygen atoms in total. The van der Waals surface area contributed by atoms with Crippen molar-refractivity contribution >= 4 is 0 Å². The topological polar surface area (TPSA) is 48.4 Å². The molecule has 3 aromatic rings. The van der Waals surface area contributed by atoms with Gasteiger partial charge in [0, 0.05) is 88.4 Å². The third-order valence-electron chi connectivity index (χ3n) is 6.99. The molecule has 2 aliphatic rings. The first-order valence-electron chi connectivity index (χ1n) is 12.1. The number of halogens is 3. The average molecular weight is 495 g/mol. The molecular formula is C27H29F3N6. The fourth-order valence-corrected chi connectivity index (χ4v) is 5.04. The molecule has 5 heterocycles. The van der Waals surface area contributed by atoms with Gasteiger partial charge in [-0.15, -0.1) is 0 Å². The average Bonchev–Trinajstić information content (AvgIpc) is 3.38. The second kappa shape index (κ2) is 10.3. The summed E-state index contributed by atoms with van der Waals surface area (Å²) in [6.07, 6.45) is 5.48. The van der Waals surface area contributed by atoms with E-state index in [-0.39, 0.29) is 0 Å². The van der Waals surface area contributed by atoms with Crippen molar-refractivity contribution in [3.8, 4) is 0 Å². The van der Waals surface area contributed by atoms with Gasteiger partial charge < -0.3 is 9.80 Å². The zero-order valence-corrected chi connectivity index (χ0v) is 20.0. The highest BCUT2D eigenvalue weighted by molar-refractivity contribution is 5.30. The highest BCUT2D eigenvalue weighted by Crippen LogP contribution is 2.32. The molecular weight excluding hydrogens is 465 g/mol. The fraction of sp³-hybridized carbons (Fsp3) is 0.370. The monoisotopic (exact) mass is 494 g/mol. The molecule has 0 N–H and O–H groups in total. The maximum atomic E-state index is 13.2. The van der Waals surface area contributed by atoms with Crippen LogP contribution in [0.15, 0.2) is 73.7 Å². The van der Waals surface area contributed by atoms with E-state index in [2.05, 4.69) is 48.4 Å². The van der Waals surface area contributed by atoms with Crippen molar-refractivity contribution in [1.29, 1.82) is 0 Å². The van der Waals surface area contributed by atoms with E-state index in [1.165, 1.54) is 6.07 Å². The lowest BCUT2D eigenvalue weighted by molar-refractivity contribution is -0.137. The standard InChI is InChI=1S/C27H29F3N6/c1-20(34-11-7-26-23(18-34)12-24(15-33-26)27(28,29)30)35-10-6-25(19-35)36(16-21-4-2-8-31-13-21)17-22-5-3-9-32-14-22/h2-5,8-9,12-15,25H,1,6-7,10-11,16-19H2. The molecule has 3 aromatic heterocycles. The summed E-state index contributed by atoms with van der Waals surface area (Å²) in [5.41, 5.74) is 2.98. The molecule has 36 heavy (non-hydrogen) atoms. The molecule has 0 aromatic carbocycles. The predicted molar refractivity (Wildman–Crippen MR) is 130 cm³/mol. The van der Waals surface area contributed by atoms with Crippen LogP contribution in [0.1, 0.15) is 34.4 Å². The SMILES string of the molecule is C=C(N1CCc2ncc(C(F)(F)F)cc2C1)N1CCC(N(Cc2cccnc2)Cc2cccnc2)C1. The van der Waals surface area contributed by atoms with Crippen LogP contribution in [0, 0.1) is 0 Å². The molecule has 0 saturated carbocycles. The van der Waals surface area contributed by atoms with Gasteiger partial charge in [-0.3, -0.25) is 19.9 Å². The summed E-state index contributed by atoms with van der Waals surface area (Å²) in [6.45, 7) is 8.63. The van der Waals surface area contributed by atoms with Gasteiger partial charge in [0.05, 0.1) is 11.4 Å². The van der Waals surface area contributed by atoms with Crippen LogP contribution in [0.2, 0.25) is 0 Å². The third kappa shape index (κ3) is 5.51. The van der Waals surface area contributed by atoms with E-state index in [0.29, 0.717) is 31.1 Å². The van der Waals surface area contributed by atoms with E-state index in [1.54, 1.807) is 12.4 Å². The van der Waals surface area contributed by atoms with Crippen LogP contribution < -0.4 is 0 Å². The van der Waals surface area contributed by atoms with Gasteiger partial charge >= 0.3 is 6.18 Å². The van der Waals surface area contributed by atoms with Gasteiger partial charge in [-0.05, 0) is 41.3 Å². The van der Waals surface area contributed by atoms with E-state index in [1.807, 2.05) is 24.5 Å². The summed E-state index contributed by atoms with van der Waals surface area (Å²) in [7, 11) is 0. The lowest BCUT2D eigenvalue weighted by Gasteiger charge is -2.37. The normalized spacial score (nSPS) is 17.9. The van der Waals surface area contributed by atoms with Crippen LogP contribution in [-0.2, 0) is 32.2 Å². The molecule has 0 spiro atoms. The van der Waals surface area contributed by atoms with Crippen molar-refractivity contribution in [1.82, 2.24) is 29.7 Å². The van der Waals surface area contributed by atoms with Crippen LogP contribution in [-0.4, -0.2) is 55.3 Å². The van der Waals surface area contributed by atoms with E-state index in [4.69, 9.17) is 0 Å². The first-order valence-corrected chi connectivity index (χ1v) is 12.1. The smallest absolute Gasteiger partial charge is 0.357 e. The Morgan fingerprint density at radius 1 is 1.00 bits per heavy atom. The summed E-state index contributed by atoms with van der Waals surface area (Å²) in [5.74, 6) is 0.864. The largest absolute Gasteiger partial charge is 0.417 e. The van der Waals surface area contributed by atoms with Crippen molar-refractivity contribution in [2.45, 2.75) is 44.7 Å². The molecule has 0 amide bonds. The molecule has 5 rings (SSSR count). The minimum atomic E-state index is -4.39. The Kier molecular flexibility index (Phi) is 6.91. The summed E-state index contributed by atoms with van der Waals surface area (Å²) in [5, 5.41) is 0. The van der Waals surface area contributed by atoms with Gasteiger partial charge in [0.1, 0.15) is 0 Å². The molecule has 2 aliphatic heterocycles. The molecule has 9 heteroatoms. The van der Waals surface area contributed by atoms with Gasteiger partial charge in [-0.2, -0.15) is 13.2 Å². The van der Waals surface area contributed by atoms with Gasteiger partial charge in [0.2, 0.25) is 0 Å². The van der Waals surface area contributed by atoms with E-state index in [9.17, 15) is 13.2 Å². The third-order valence-corrected chi connectivity index (χ3v) is 6.99. The van der Waals surface area contributed by atoms with Crippen LogP contribution in [0.3, 0.4) is 0 Å². The van der Waals surface area contributed by atoms with Crippen molar-refractivity contribution in [2.24, 2.45) is 0 Å². The van der Waals surface area contributed by atoms with Crippen molar-refractivity contribution in [2.75, 3.05) is 19.6 Å². The zero-order valence-electron chi connectivity index (χ0n) is 20.0. The molecule has 1 fully saturated rings. The Morgan fingerprint density at radius 2 is 1.69 bits per heavy atom. The van der Waals surface area contributed by atoms with Crippen molar-refractivity contribution < 1.29 is 13.2 Å². The summed E-state index contributed by atoms with van der Waals surface area (Å²) < 4.78 is 39.6. The number of aromatic nitrogens is 3. The van der Waals surface area contributed by atoms with Gasteiger partial charge in [-0.25, -0.2) is 0 Å². The number of fused-ring (bicyclic) bond motifs is 1. The molecule has 188 valence electrons. The van der Waals surface area contributed by atoms with E-state index < -0.39 is 11.7 Å². The second-order valence-electron chi connectivity index (χ2n) is 9.43. The van der Waals surface area contributed by atoms with Crippen LogP contribution in [0.5, 0.6) is 0 Å². The number of nitrogens with zero attached hydrogens (tertiary/aromatic N) is 6. The Labute approximate surface area is 209 Å².